The van der Waals surface area contributed by atoms with E-state index in [4.69, 9.17) is 0 Å². The van der Waals surface area contributed by atoms with E-state index in [2.05, 4.69) is 25.1 Å². The van der Waals surface area contributed by atoms with Gasteiger partial charge in [0.25, 0.3) is 5.91 Å². The minimum atomic E-state index is -0.792. The number of hydrogen-bond donors (Lipinski definition) is 1. The number of carbonyl (C=O) groups is 1. The average molecular weight is 454 g/mol. The maximum atomic E-state index is 13.7. The quantitative estimate of drug-likeness (QED) is 0.727. The third-order valence-electron chi connectivity index (χ3n) is 6.04. The predicted molar refractivity (Wildman–Crippen MR) is 113 cm³/mol. The molecule has 2 aromatic heterocycles. The van der Waals surface area contributed by atoms with Crippen molar-refractivity contribution in [2.45, 2.75) is 38.3 Å². The Balaban J connectivity index is 1.28. The summed E-state index contributed by atoms with van der Waals surface area (Å²) in [6.45, 7) is 3.24. The van der Waals surface area contributed by atoms with Crippen molar-refractivity contribution < 1.29 is 18.0 Å². The molecule has 2 saturated heterocycles. The third-order valence-corrected chi connectivity index (χ3v) is 7.09. The number of nitrogens with zero attached hydrogens (tertiary/aromatic N) is 4. The van der Waals surface area contributed by atoms with Crippen LogP contribution in [0.3, 0.4) is 0 Å². The number of hydrogen-bond acceptors (Lipinski definition) is 6. The molecule has 6 nitrogen and oxygen atoms in total. The summed E-state index contributed by atoms with van der Waals surface area (Å²) >= 11 is 1.30. The smallest absolute Gasteiger partial charge is 0.263 e. The van der Waals surface area contributed by atoms with Gasteiger partial charge in [0.2, 0.25) is 0 Å². The molecule has 168 valence electrons. The molecule has 2 fully saturated rings. The van der Waals surface area contributed by atoms with Gasteiger partial charge in [0.05, 0.1) is 31.3 Å². The number of alkyl halides is 1. The molecular formula is C21H26F3N5OS. The fraction of sp³-hybridized carbons (Fsp3) is 0.571. The van der Waals surface area contributed by atoms with Gasteiger partial charge in [-0.1, -0.05) is 11.3 Å². The Labute approximate surface area is 183 Å². The van der Waals surface area contributed by atoms with Gasteiger partial charge in [-0.3, -0.25) is 19.1 Å². The van der Waals surface area contributed by atoms with E-state index < -0.39 is 11.6 Å². The van der Waals surface area contributed by atoms with Crippen LogP contribution >= 0.6 is 11.3 Å². The van der Waals surface area contributed by atoms with Crippen molar-refractivity contribution in [1.29, 1.82) is 0 Å². The van der Waals surface area contributed by atoms with Crippen molar-refractivity contribution in [1.82, 2.24) is 20.2 Å². The number of amides is 1. The Morgan fingerprint density at radius 2 is 1.97 bits per heavy atom. The Kier molecular flexibility index (Phi) is 7.06. The molecule has 0 bridgehead atoms. The molecule has 0 aliphatic carbocycles. The summed E-state index contributed by atoms with van der Waals surface area (Å²) in [7, 11) is 0. The normalized spacial score (nSPS) is 20.7. The summed E-state index contributed by atoms with van der Waals surface area (Å²) in [5.74, 6) is -1.74. The monoisotopic (exact) mass is 453 g/mol. The minimum absolute atomic E-state index is 0.0192. The van der Waals surface area contributed by atoms with E-state index >= 15 is 0 Å². The van der Waals surface area contributed by atoms with Gasteiger partial charge in [0.1, 0.15) is 16.5 Å². The number of halogens is 3. The summed E-state index contributed by atoms with van der Waals surface area (Å²) in [6, 6.07) is 1.22. The summed E-state index contributed by atoms with van der Waals surface area (Å²) < 4.78 is 39.6. The molecule has 10 heteroatoms. The first-order chi connectivity index (χ1) is 15.0. The second-order valence-corrected chi connectivity index (χ2v) is 9.16. The van der Waals surface area contributed by atoms with Crippen molar-refractivity contribution in [3.63, 3.8) is 0 Å². The maximum Gasteiger partial charge on any atom is 0.263 e. The first kappa shape index (κ1) is 22.0. The third kappa shape index (κ3) is 5.35. The highest BCUT2D eigenvalue weighted by atomic mass is 32.1. The number of piperidine rings is 2. The Morgan fingerprint density at radius 1 is 1.16 bits per heavy atom. The van der Waals surface area contributed by atoms with Crippen molar-refractivity contribution in [2.75, 3.05) is 37.8 Å². The molecule has 1 N–H and O–H groups in total. The number of thiazole rings is 1. The van der Waals surface area contributed by atoms with Gasteiger partial charge in [-0.25, -0.2) is 13.8 Å². The summed E-state index contributed by atoms with van der Waals surface area (Å²) in [5, 5.41) is 3.39. The van der Waals surface area contributed by atoms with Crippen LogP contribution in [0, 0.1) is 17.6 Å². The molecule has 1 amide bonds. The van der Waals surface area contributed by atoms with E-state index in [0.717, 1.165) is 69.3 Å². The largest absolute Gasteiger partial charge is 0.348 e. The van der Waals surface area contributed by atoms with Gasteiger partial charge in [-0.2, -0.15) is 0 Å². The van der Waals surface area contributed by atoms with Crippen LogP contribution < -0.4 is 10.2 Å². The standard InChI is InChI=1S/C21H26F3N5OS/c22-9-14-2-1-5-29(13-14)16-3-6-28(7-4-16)21-27-12-19(31-21)20(30)26-11-18-17(24)8-15(23)10-25-18/h8,10,12,14,16H,1-7,9,11,13H2,(H,26,30). The number of carbonyl (C=O) groups excluding carboxylic acids is 1. The topological polar surface area (TPSA) is 61.4 Å². The van der Waals surface area contributed by atoms with Gasteiger partial charge in [-0.05, 0) is 32.2 Å². The van der Waals surface area contributed by atoms with E-state index in [1.165, 1.54) is 17.5 Å². The van der Waals surface area contributed by atoms with Crippen molar-refractivity contribution in [3.05, 3.63) is 40.7 Å². The maximum absolute atomic E-state index is 13.7. The molecule has 2 aliphatic rings. The van der Waals surface area contributed by atoms with Crippen LogP contribution in [-0.4, -0.2) is 59.7 Å². The number of aromatic nitrogens is 2. The van der Waals surface area contributed by atoms with Gasteiger partial charge in [-0.15, -0.1) is 0 Å². The van der Waals surface area contributed by atoms with Gasteiger partial charge in [0.15, 0.2) is 5.13 Å². The lowest BCUT2D eigenvalue weighted by Crippen LogP contribution is -2.48. The van der Waals surface area contributed by atoms with Crippen molar-refractivity contribution in [2.24, 2.45) is 5.92 Å². The molecule has 4 rings (SSSR count). The lowest BCUT2D eigenvalue weighted by atomic mass is 9.95. The zero-order valence-corrected chi connectivity index (χ0v) is 18.0. The van der Waals surface area contributed by atoms with E-state index in [1.807, 2.05) is 0 Å². The highest BCUT2D eigenvalue weighted by Gasteiger charge is 2.29. The molecule has 4 heterocycles. The lowest BCUT2D eigenvalue weighted by Gasteiger charge is -2.41. The molecule has 2 aromatic rings. The molecular weight excluding hydrogens is 427 g/mol. The van der Waals surface area contributed by atoms with E-state index in [9.17, 15) is 18.0 Å². The summed E-state index contributed by atoms with van der Waals surface area (Å²) in [5.41, 5.74) is -0.0192. The average Bonchev–Trinajstić information content (AvgIpc) is 3.29. The molecule has 0 spiro atoms. The molecule has 0 radical (unpaired) electrons. The number of nitrogens with one attached hydrogen (secondary N) is 1. The number of likely N-dealkylation sites (tertiary alicyclic amines) is 1. The second kappa shape index (κ2) is 9.95. The SMILES string of the molecule is O=C(NCc1ncc(F)cc1F)c1cnc(N2CCC(N3CCCC(CF)C3)CC2)s1. The van der Waals surface area contributed by atoms with Crippen LogP contribution in [0.15, 0.2) is 18.5 Å². The van der Waals surface area contributed by atoms with Gasteiger partial charge < -0.3 is 10.2 Å². The Hall–Kier alpha value is -2.20. The van der Waals surface area contributed by atoms with Crippen LogP contribution in [0.25, 0.3) is 0 Å². The molecule has 1 unspecified atom stereocenters. The number of anilines is 1. The summed E-state index contributed by atoms with van der Waals surface area (Å²) in [6.07, 6.45) is 6.48. The Bertz CT molecular complexity index is 903. The van der Waals surface area contributed by atoms with Crippen LogP contribution in [0.5, 0.6) is 0 Å². The van der Waals surface area contributed by atoms with Gasteiger partial charge in [0, 0.05) is 37.7 Å². The second-order valence-electron chi connectivity index (χ2n) is 8.15. The lowest BCUT2D eigenvalue weighted by molar-refractivity contribution is 0.0953. The van der Waals surface area contributed by atoms with E-state index in [-0.39, 0.29) is 30.7 Å². The minimum Gasteiger partial charge on any atom is -0.348 e. The zero-order valence-electron chi connectivity index (χ0n) is 17.2. The molecule has 1 atom stereocenters. The number of pyridine rings is 1. The highest BCUT2D eigenvalue weighted by Crippen LogP contribution is 2.29. The van der Waals surface area contributed by atoms with Crippen LogP contribution in [-0.2, 0) is 6.54 Å². The van der Waals surface area contributed by atoms with Crippen LogP contribution in [0.2, 0.25) is 0 Å². The molecule has 0 saturated carbocycles. The van der Waals surface area contributed by atoms with Gasteiger partial charge >= 0.3 is 0 Å². The van der Waals surface area contributed by atoms with Crippen LogP contribution in [0.1, 0.15) is 41.0 Å². The Morgan fingerprint density at radius 3 is 2.71 bits per heavy atom. The predicted octanol–water partition coefficient (Wildman–Crippen LogP) is 3.40. The molecule has 0 aromatic carbocycles. The number of rotatable bonds is 6. The van der Waals surface area contributed by atoms with E-state index in [0.29, 0.717) is 10.9 Å². The van der Waals surface area contributed by atoms with Crippen LogP contribution in [0.4, 0.5) is 18.3 Å². The molecule has 31 heavy (non-hydrogen) atoms. The van der Waals surface area contributed by atoms with E-state index in [1.54, 1.807) is 0 Å². The fourth-order valence-electron chi connectivity index (χ4n) is 4.32. The summed E-state index contributed by atoms with van der Waals surface area (Å²) in [4.78, 5) is 25.5. The first-order valence-corrected chi connectivity index (χ1v) is 11.4. The fourth-order valence-corrected chi connectivity index (χ4v) is 5.20. The first-order valence-electron chi connectivity index (χ1n) is 10.6. The highest BCUT2D eigenvalue weighted by molar-refractivity contribution is 7.17. The zero-order chi connectivity index (χ0) is 21.8. The van der Waals surface area contributed by atoms with Crippen molar-refractivity contribution >= 4 is 22.4 Å². The molecule has 2 aliphatic heterocycles. The van der Waals surface area contributed by atoms with Crippen molar-refractivity contribution in [3.8, 4) is 0 Å².